The van der Waals surface area contributed by atoms with E-state index in [0.717, 1.165) is 35.1 Å². The van der Waals surface area contributed by atoms with Crippen molar-refractivity contribution in [3.63, 3.8) is 0 Å². The number of rotatable bonds is 7. The summed E-state index contributed by atoms with van der Waals surface area (Å²) in [7, 11) is -3.10. The highest BCUT2D eigenvalue weighted by Gasteiger charge is 2.40. The molecule has 5 nitrogen and oxygen atoms in total. The molecule has 6 heteroatoms. The largest absolute Gasteiger partial charge is 0.303 e. The van der Waals surface area contributed by atoms with Crippen LogP contribution < -0.4 is 0 Å². The molecule has 4 rings (SSSR count). The molecular weight excluding hydrogens is 458 g/mol. The van der Waals surface area contributed by atoms with Gasteiger partial charge < -0.3 is 4.79 Å². The van der Waals surface area contributed by atoms with E-state index in [1.165, 1.54) is 9.87 Å². The molecule has 0 bridgehead atoms. The lowest BCUT2D eigenvalue weighted by Gasteiger charge is -2.36. The molecule has 1 unspecified atom stereocenters. The van der Waals surface area contributed by atoms with Crippen LogP contribution in [0.5, 0.6) is 0 Å². The Labute approximate surface area is 211 Å². The summed E-state index contributed by atoms with van der Waals surface area (Å²) in [6.45, 7) is 8.33. The summed E-state index contributed by atoms with van der Waals surface area (Å²) >= 11 is 0. The number of amides is 1. The van der Waals surface area contributed by atoms with Crippen molar-refractivity contribution in [2.75, 3.05) is 6.54 Å². The highest BCUT2D eigenvalue weighted by atomic mass is 32.3. The standard InChI is InChI=1S/C17H18O.C12H17NO3S/c1-13-6-8-16(9-7-13)17(12-18)11-15-5-3-4-14(2)10-15;1-3-4-7-13-12(14)10-8-9(2)5-6-11(10)17(13,15)16/h3-10,12,17H,11H2,1-2H3;5-6,8,15-16H,3-4,7H2,1-2H3/i12T;. The fourth-order valence-electron chi connectivity index (χ4n) is 4.05. The van der Waals surface area contributed by atoms with Crippen LogP contribution in [0.1, 0.15) is 65.2 Å². The van der Waals surface area contributed by atoms with Gasteiger partial charge in [-0.1, -0.05) is 95.4 Å². The van der Waals surface area contributed by atoms with Gasteiger partial charge in [-0.3, -0.25) is 13.9 Å². The van der Waals surface area contributed by atoms with Crippen LogP contribution in [0.2, 0.25) is 0 Å². The third kappa shape index (κ3) is 6.40. The maximum absolute atomic E-state index is 12.1. The van der Waals surface area contributed by atoms with Crippen LogP contribution in [0, 0.1) is 20.8 Å². The van der Waals surface area contributed by atoms with Gasteiger partial charge in [0.1, 0.15) is 7.63 Å². The summed E-state index contributed by atoms with van der Waals surface area (Å²) in [5.74, 6) is -0.639. The van der Waals surface area contributed by atoms with Gasteiger partial charge in [0.05, 0.1) is 10.5 Å². The molecule has 1 amide bonds. The molecule has 3 aromatic carbocycles. The fourth-order valence-corrected chi connectivity index (χ4v) is 5.69. The van der Waals surface area contributed by atoms with E-state index in [2.05, 4.69) is 6.07 Å². The monoisotopic (exact) mass is 495 g/mol. The first-order valence-electron chi connectivity index (χ1n) is 12.4. The number of aldehydes is 1. The van der Waals surface area contributed by atoms with Crippen LogP contribution in [0.4, 0.5) is 0 Å². The van der Waals surface area contributed by atoms with E-state index in [4.69, 9.17) is 1.37 Å². The first kappa shape index (κ1) is 25.2. The Bertz CT molecular complexity index is 1230. The van der Waals surface area contributed by atoms with E-state index < -0.39 is 17.0 Å². The maximum Gasteiger partial charge on any atom is 0.274 e. The molecule has 0 radical (unpaired) electrons. The maximum atomic E-state index is 12.1. The van der Waals surface area contributed by atoms with Gasteiger partial charge in [-0.15, -0.1) is 0 Å². The van der Waals surface area contributed by atoms with Crippen molar-refractivity contribution in [2.45, 2.75) is 57.8 Å². The molecule has 1 atom stereocenters. The number of unbranched alkanes of at least 4 members (excludes halogenated alkanes) is 1. The predicted molar refractivity (Wildman–Crippen MR) is 143 cm³/mol. The molecule has 0 fully saturated rings. The third-order valence-corrected chi connectivity index (χ3v) is 7.96. The van der Waals surface area contributed by atoms with Crippen LogP contribution in [0.25, 0.3) is 0 Å². The molecular formula is C29H35NO4S. The van der Waals surface area contributed by atoms with Gasteiger partial charge >= 0.3 is 0 Å². The zero-order valence-electron chi connectivity index (χ0n) is 21.8. The van der Waals surface area contributed by atoms with Crippen molar-refractivity contribution >= 4 is 22.9 Å². The second-order valence-electron chi connectivity index (χ2n) is 9.05. The van der Waals surface area contributed by atoms with Gasteiger partial charge in [-0.2, -0.15) is 0 Å². The lowest BCUT2D eigenvalue weighted by atomic mass is 9.92. The molecule has 0 aliphatic carbocycles. The van der Waals surface area contributed by atoms with E-state index in [1.54, 1.807) is 18.2 Å². The second kappa shape index (κ2) is 11.7. The summed E-state index contributed by atoms with van der Waals surface area (Å²) in [6.07, 6.45) is 1.75. The van der Waals surface area contributed by atoms with Crippen molar-refractivity contribution in [1.82, 2.24) is 4.31 Å². The van der Waals surface area contributed by atoms with E-state index in [1.807, 2.05) is 70.2 Å². The van der Waals surface area contributed by atoms with E-state index in [0.29, 0.717) is 23.4 Å². The predicted octanol–water partition coefficient (Wildman–Crippen LogP) is 7.10. The summed E-state index contributed by atoms with van der Waals surface area (Å²) in [5, 5.41) is 0. The van der Waals surface area contributed by atoms with Crippen LogP contribution in [0.15, 0.2) is 71.6 Å². The first-order valence-corrected chi connectivity index (χ1v) is 13.4. The third-order valence-electron chi connectivity index (χ3n) is 6.05. The molecule has 0 saturated carbocycles. The summed E-state index contributed by atoms with van der Waals surface area (Å²) in [6, 6.07) is 21.1. The smallest absolute Gasteiger partial charge is 0.274 e. The van der Waals surface area contributed by atoms with Gasteiger partial charge in [-0.25, -0.2) is 4.31 Å². The van der Waals surface area contributed by atoms with E-state index >= 15 is 0 Å². The highest BCUT2D eigenvalue weighted by molar-refractivity contribution is 8.23. The number of benzene rings is 3. The topological polar surface area (TPSA) is 77.8 Å². The van der Waals surface area contributed by atoms with Crippen molar-refractivity contribution in [1.29, 1.82) is 0 Å². The number of fused-ring (bicyclic) bond motifs is 1. The van der Waals surface area contributed by atoms with Crippen molar-refractivity contribution in [3.8, 4) is 0 Å². The summed E-state index contributed by atoms with van der Waals surface area (Å²) in [5.41, 5.74) is 5.75. The van der Waals surface area contributed by atoms with Gasteiger partial charge in [0.15, 0.2) is 0 Å². The van der Waals surface area contributed by atoms with Crippen LogP contribution >= 0.6 is 10.8 Å². The SMILES string of the molecule is CCCCN1C(=O)c2cc(C)ccc2S1(O)O.[3H]C(=O)C(Cc1cccc(C)c1)c1ccc(C)cc1. The highest BCUT2D eigenvalue weighted by Crippen LogP contribution is 2.58. The quantitative estimate of drug-likeness (QED) is 0.343. The Kier molecular flexibility index (Phi) is 8.39. The van der Waals surface area contributed by atoms with Crippen molar-refractivity contribution in [2.24, 2.45) is 0 Å². The minimum absolute atomic E-state index is 0.267. The average Bonchev–Trinajstić information content (AvgIpc) is 3.01. The van der Waals surface area contributed by atoms with E-state index in [9.17, 15) is 18.7 Å². The van der Waals surface area contributed by atoms with Crippen molar-refractivity contribution < 1.29 is 20.1 Å². The molecule has 35 heavy (non-hydrogen) atoms. The molecule has 3 aromatic rings. The van der Waals surface area contributed by atoms with Gasteiger partial charge in [0, 0.05) is 12.5 Å². The molecule has 1 heterocycles. The number of hydrogen-bond acceptors (Lipinski definition) is 4. The Morgan fingerprint density at radius 1 is 0.971 bits per heavy atom. The number of aryl methyl sites for hydroxylation is 3. The summed E-state index contributed by atoms with van der Waals surface area (Å²) < 4.78 is 29.0. The molecule has 1 aliphatic heterocycles. The number of nitrogens with zero attached hydrogens (tertiary/aromatic N) is 1. The molecule has 0 spiro atoms. The number of carbonyl (C=O) groups excluding carboxylic acids is 2. The minimum atomic E-state index is -3.10. The average molecular weight is 496 g/mol. The Hall–Kier alpha value is -2.93. The molecule has 2 N–H and O–H groups in total. The molecule has 0 aromatic heterocycles. The fraction of sp³-hybridized carbons (Fsp3) is 0.310. The zero-order chi connectivity index (χ0) is 26.5. The first-order chi connectivity index (χ1) is 17.0. The van der Waals surface area contributed by atoms with Gasteiger partial charge in [0.2, 0.25) is 0 Å². The Morgan fingerprint density at radius 3 is 2.26 bits per heavy atom. The van der Waals surface area contributed by atoms with Crippen LogP contribution in [-0.2, 0) is 11.2 Å². The minimum Gasteiger partial charge on any atom is -0.303 e. The van der Waals surface area contributed by atoms with Crippen LogP contribution in [0.3, 0.4) is 0 Å². The van der Waals surface area contributed by atoms with Gasteiger partial charge in [0.25, 0.3) is 5.91 Å². The second-order valence-corrected chi connectivity index (χ2v) is 11.0. The normalized spacial score (nSPS) is 16.0. The lowest BCUT2D eigenvalue weighted by Crippen LogP contribution is -2.28. The van der Waals surface area contributed by atoms with E-state index in [-0.39, 0.29) is 11.8 Å². The lowest BCUT2D eigenvalue weighted by molar-refractivity contribution is -0.109. The number of carbonyl (C=O) groups is 2. The molecule has 186 valence electrons. The Morgan fingerprint density at radius 2 is 1.63 bits per heavy atom. The zero-order valence-corrected chi connectivity index (χ0v) is 21.6. The van der Waals surface area contributed by atoms with Crippen molar-refractivity contribution in [3.05, 3.63) is 100 Å². The van der Waals surface area contributed by atoms with Crippen LogP contribution in [-0.4, -0.2) is 32.1 Å². The molecule has 1 aliphatic rings. The molecule has 0 saturated heterocycles. The Balaban J connectivity index is 0.000000202. The summed E-state index contributed by atoms with van der Waals surface area (Å²) in [4.78, 5) is 24.0. The van der Waals surface area contributed by atoms with Gasteiger partial charge in [-0.05, 0) is 56.9 Å². The number of hydrogen-bond donors (Lipinski definition) is 2.